The van der Waals surface area contributed by atoms with Gasteiger partial charge < -0.3 is 14.7 Å². The van der Waals surface area contributed by atoms with Crippen LogP contribution in [-0.4, -0.2) is 41.3 Å². The van der Waals surface area contributed by atoms with Gasteiger partial charge in [0.1, 0.15) is 0 Å². The molecule has 0 saturated carbocycles. The van der Waals surface area contributed by atoms with E-state index in [0.29, 0.717) is 13.0 Å². The van der Waals surface area contributed by atoms with Crippen molar-refractivity contribution in [3.05, 3.63) is 35.9 Å². The number of hydrogen-bond acceptors (Lipinski definition) is 3. The molecule has 1 aromatic carbocycles. The van der Waals surface area contributed by atoms with E-state index in [9.17, 15) is 9.90 Å². The van der Waals surface area contributed by atoms with Gasteiger partial charge in [-0.3, -0.25) is 4.79 Å². The molecule has 0 radical (unpaired) electrons. The molecule has 19 heavy (non-hydrogen) atoms. The van der Waals surface area contributed by atoms with Gasteiger partial charge in [-0.05, 0) is 19.4 Å². The molecule has 1 aromatic rings. The Bertz CT molecular complexity index is 421. The number of benzene rings is 1. The second-order valence-electron chi connectivity index (χ2n) is 5.12. The minimum atomic E-state index is -0.287. The minimum absolute atomic E-state index is 0.0146. The van der Waals surface area contributed by atoms with Crippen LogP contribution in [0.2, 0.25) is 0 Å². The van der Waals surface area contributed by atoms with Crippen molar-refractivity contribution in [3.63, 3.8) is 0 Å². The molecule has 1 N–H and O–H groups in total. The van der Waals surface area contributed by atoms with Crippen LogP contribution >= 0.6 is 0 Å². The van der Waals surface area contributed by atoms with Crippen LogP contribution in [0.25, 0.3) is 0 Å². The van der Waals surface area contributed by atoms with Gasteiger partial charge in [-0.15, -0.1) is 0 Å². The summed E-state index contributed by atoms with van der Waals surface area (Å²) < 4.78 is 5.70. The second kappa shape index (κ2) is 6.17. The highest BCUT2D eigenvalue weighted by atomic mass is 16.5. The number of rotatable bonds is 3. The Kier molecular flexibility index (Phi) is 4.56. The van der Waals surface area contributed by atoms with Crippen molar-refractivity contribution in [1.29, 1.82) is 0 Å². The van der Waals surface area contributed by atoms with E-state index in [1.54, 1.807) is 4.90 Å². The quantitative estimate of drug-likeness (QED) is 0.903. The molecule has 4 heteroatoms. The van der Waals surface area contributed by atoms with Gasteiger partial charge in [0.15, 0.2) is 0 Å². The molecule has 1 heterocycles. The molecule has 0 spiro atoms. The van der Waals surface area contributed by atoms with Crippen molar-refractivity contribution in [2.45, 2.75) is 38.5 Å². The Morgan fingerprint density at radius 3 is 2.63 bits per heavy atom. The molecule has 1 saturated heterocycles. The highest BCUT2D eigenvalue weighted by Gasteiger charge is 2.30. The van der Waals surface area contributed by atoms with E-state index in [1.807, 2.05) is 44.2 Å². The first kappa shape index (κ1) is 14.0. The Morgan fingerprint density at radius 1 is 1.32 bits per heavy atom. The molecular formula is C15H21NO3. The fourth-order valence-corrected chi connectivity index (χ4v) is 2.59. The van der Waals surface area contributed by atoms with Gasteiger partial charge in [0, 0.05) is 6.54 Å². The summed E-state index contributed by atoms with van der Waals surface area (Å²) >= 11 is 0. The third-order valence-corrected chi connectivity index (χ3v) is 3.43. The Balaban J connectivity index is 2.23. The predicted octanol–water partition coefficient (Wildman–Crippen LogP) is 1.75. The van der Waals surface area contributed by atoms with Crippen molar-refractivity contribution < 1.29 is 14.6 Å². The van der Waals surface area contributed by atoms with Gasteiger partial charge in [0.2, 0.25) is 5.91 Å². The van der Waals surface area contributed by atoms with Gasteiger partial charge in [-0.25, -0.2) is 0 Å². The van der Waals surface area contributed by atoms with E-state index >= 15 is 0 Å². The summed E-state index contributed by atoms with van der Waals surface area (Å²) in [5, 5.41) is 9.66. The van der Waals surface area contributed by atoms with Gasteiger partial charge in [0.05, 0.1) is 31.3 Å². The summed E-state index contributed by atoms with van der Waals surface area (Å²) in [7, 11) is 0. The molecule has 104 valence electrons. The van der Waals surface area contributed by atoms with Crippen LogP contribution < -0.4 is 0 Å². The maximum atomic E-state index is 12.3. The van der Waals surface area contributed by atoms with Crippen molar-refractivity contribution in [2.75, 3.05) is 13.2 Å². The number of carbonyl (C=O) groups is 1. The van der Waals surface area contributed by atoms with Crippen LogP contribution in [0, 0.1) is 0 Å². The highest BCUT2D eigenvalue weighted by molar-refractivity contribution is 5.77. The molecule has 0 bridgehead atoms. The van der Waals surface area contributed by atoms with Gasteiger partial charge >= 0.3 is 0 Å². The first-order valence-electron chi connectivity index (χ1n) is 6.72. The number of carbonyl (C=O) groups excluding carboxylic acids is 1. The third kappa shape index (κ3) is 3.33. The largest absolute Gasteiger partial charge is 0.394 e. The molecule has 3 atom stereocenters. The maximum absolute atomic E-state index is 12.3. The normalized spacial score (nSPS) is 26.1. The van der Waals surface area contributed by atoms with Gasteiger partial charge in [-0.1, -0.05) is 30.3 Å². The van der Waals surface area contributed by atoms with Crippen LogP contribution in [0.3, 0.4) is 0 Å². The molecule has 1 amide bonds. The van der Waals surface area contributed by atoms with Gasteiger partial charge in [-0.2, -0.15) is 0 Å². The van der Waals surface area contributed by atoms with E-state index in [4.69, 9.17) is 4.74 Å². The summed E-state index contributed by atoms with van der Waals surface area (Å²) in [6, 6.07) is 9.36. The number of hydrogen-bond donors (Lipinski definition) is 1. The lowest BCUT2D eigenvalue weighted by Crippen LogP contribution is -2.39. The smallest absolute Gasteiger partial charge is 0.225 e. The van der Waals surface area contributed by atoms with E-state index in [-0.39, 0.29) is 30.8 Å². The summed E-state index contributed by atoms with van der Waals surface area (Å²) in [6.07, 6.45) is 0.287. The molecule has 2 rings (SSSR count). The summed E-state index contributed by atoms with van der Waals surface area (Å²) in [5.41, 5.74) is 0.958. The van der Waals surface area contributed by atoms with Crippen LogP contribution in [0.4, 0.5) is 0 Å². The maximum Gasteiger partial charge on any atom is 0.225 e. The number of aliphatic hydroxyl groups excluding tert-OH is 1. The average molecular weight is 263 g/mol. The zero-order chi connectivity index (χ0) is 13.8. The highest BCUT2D eigenvalue weighted by Crippen LogP contribution is 2.24. The van der Waals surface area contributed by atoms with Crippen molar-refractivity contribution in [2.24, 2.45) is 0 Å². The standard InChI is InChI=1S/C15H21NO3/c1-11-8-15(18)16(9-12(2)19-11)14(10-17)13-6-4-3-5-7-13/h3-7,11-12,14,17H,8-10H2,1-2H3/t11-,12+,14-/m0/s1. The lowest BCUT2D eigenvalue weighted by Gasteiger charge is -2.30. The molecule has 1 aliphatic heterocycles. The second-order valence-corrected chi connectivity index (χ2v) is 5.12. The fraction of sp³-hybridized carbons (Fsp3) is 0.533. The minimum Gasteiger partial charge on any atom is -0.394 e. The number of aliphatic hydroxyl groups is 1. The number of nitrogens with zero attached hydrogens (tertiary/aromatic N) is 1. The first-order valence-corrected chi connectivity index (χ1v) is 6.72. The van der Waals surface area contributed by atoms with Crippen molar-refractivity contribution in [1.82, 2.24) is 4.90 Å². The number of amides is 1. The summed E-state index contributed by atoms with van der Waals surface area (Å²) in [5.74, 6) is 0.0414. The Morgan fingerprint density at radius 2 is 2.00 bits per heavy atom. The lowest BCUT2D eigenvalue weighted by atomic mass is 10.0. The summed E-state index contributed by atoms with van der Waals surface area (Å²) in [6.45, 7) is 4.32. The molecule has 1 fully saturated rings. The molecule has 1 aliphatic rings. The Labute approximate surface area is 114 Å². The van der Waals surface area contributed by atoms with E-state index in [0.717, 1.165) is 5.56 Å². The summed E-state index contributed by atoms with van der Waals surface area (Å²) in [4.78, 5) is 14.0. The fourth-order valence-electron chi connectivity index (χ4n) is 2.59. The van der Waals surface area contributed by atoms with Crippen LogP contribution in [0.5, 0.6) is 0 Å². The monoisotopic (exact) mass is 263 g/mol. The lowest BCUT2D eigenvalue weighted by molar-refractivity contribution is -0.134. The molecule has 4 nitrogen and oxygen atoms in total. The molecule has 0 aromatic heterocycles. The Hall–Kier alpha value is -1.39. The zero-order valence-electron chi connectivity index (χ0n) is 11.5. The van der Waals surface area contributed by atoms with Gasteiger partial charge in [0.25, 0.3) is 0 Å². The van der Waals surface area contributed by atoms with Crippen LogP contribution in [0.15, 0.2) is 30.3 Å². The first-order chi connectivity index (χ1) is 9.11. The molecule has 0 aliphatic carbocycles. The SMILES string of the molecule is C[C@@H]1CN([C@@H](CO)c2ccccc2)C(=O)C[C@H](C)O1. The topological polar surface area (TPSA) is 49.8 Å². The van der Waals surface area contributed by atoms with Crippen LogP contribution in [0.1, 0.15) is 31.9 Å². The van der Waals surface area contributed by atoms with E-state index < -0.39 is 0 Å². The zero-order valence-corrected chi connectivity index (χ0v) is 11.5. The number of ether oxygens (including phenoxy) is 1. The van der Waals surface area contributed by atoms with Crippen LogP contribution in [-0.2, 0) is 9.53 Å². The van der Waals surface area contributed by atoms with E-state index in [2.05, 4.69) is 0 Å². The predicted molar refractivity (Wildman–Crippen MR) is 72.6 cm³/mol. The molecule has 0 unspecified atom stereocenters. The average Bonchev–Trinajstić information content (AvgIpc) is 2.50. The van der Waals surface area contributed by atoms with E-state index in [1.165, 1.54) is 0 Å². The van der Waals surface area contributed by atoms with Crippen molar-refractivity contribution >= 4 is 5.91 Å². The third-order valence-electron chi connectivity index (χ3n) is 3.43. The molecular weight excluding hydrogens is 242 g/mol. The van der Waals surface area contributed by atoms with Crippen molar-refractivity contribution in [3.8, 4) is 0 Å².